The molecule has 174 valence electrons. The number of benzene rings is 3. The second-order valence-electron chi connectivity index (χ2n) is 8.02. The molecule has 1 unspecified atom stereocenters. The van der Waals surface area contributed by atoms with E-state index in [0.29, 0.717) is 27.6 Å². The average molecular weight is 484 g/mol. The molecule has 3 aromatic rings. The Kier molecular flexibility index (Phi) is 7.54. The van der Waals surface area contributed by atoms with Crippen molar-refractivity contribution in [1.29, 1.82) is 5.26 Å². The SMILES string of the molecule is CC1=NC(SCC(=O)c2ccc(F)cc2)=C(C#N)[C@@H](c2ccccc2)C1C(=O)Nc1ccccc1. The number of aliphatic imine (C=N–C) groups is 1. The Balaban J connectivity index is 1.65. The Morgan fingerprint density at radius 2 is 1.63 bits per heavy atom. The number of hydrogen-bond acceptors (Lipinski definition) is 5. The minimum absolute atomic E-state index is 0.0330. The van der Waals surface area contributed by atoms with Gasteiger partial charge in [-0.2, -0.15) is 5.26 Å². The number of nitrogens with one attached hydrogen (secondary N) is 1. The predicted molar refractivity (Wildman–Crippen MR) is 137 cm³/mol. The number of halogens is 1. The summed E-state index contributed by atoms with van der Waals surface area (Å²) < 4.78 is 13.2. The number of hydrogen-bond donors (Lipinski definition) is 1. The van der Waals surface area contributed by atoms with Gasteiger partial charge in [0.15, 0.2) is 5.78 Å². The fourth-order valence-electron chi connectivity index (χ4n) is 4.01. The Morgan fingerprint density at radius 3 is 2.26 bits per heavy atom. The van der Waals surface area contributed by atoms with Crippen molar-refractivity contribution in [3.05, 3.63) is 112 Å². The fraction of sp³-hybridized carbons (Fsp3) is 0.143. The number of Topliss-reactive ketones (excluding diaryl/α,β-unsaturated/α-hetero) is 1. The van der Waals surface area contributed by atoms with E-state index in [4.69, 9.17) is 0 Å². The van der Waals surface area contributed by atoms with Crippen LogP contribution in [-0.4, -0.2) is 23.2 Å². The van der Waals surface area contributed by atoms with E-state index in [1.807, 2.05) is 48.5 Å². The van der Waals surface area contributed by atoms with Gasteiger partial charge in [-0.1, -0.05) is 60.3 Å². The molecule has 0 saturated carbocycles. The lowest BCUT2D eigenvalue weighted by molar-refractivity contribution is -0.118. The van der Waals surface area contributed by atoms with Gasteiger partial charge in [0, 0.05) is 22.9 Å². The molecule has 1 heterocycles. The summed E-state index contributed by atoms with van der Waals surface area (Å²) in [5.74, 6) is -2.08. The first-order chi connectivity index (χ1) is 17.0. The van der Waals surface area contributed by atoms with E-state index >= 15 is 0 Å². The van der Waals surface area contributed by atoms with E-state index < -0.39 is 17.7 Å². The van der Waals surface area contributed by atoms with Gasteiger partial charge in [0.1, 0.15) is 10.8 Å². The number of amides is 1. The van der Waals surface area contributed by atoms with E-state index in [0.717, 1.165) is 17.3 Å². The van der Waals surface area contributed by atoms with Crippen LogP contribution in [0.1, 0.15) is 28.8 Å². The lowest BCUT2D eigenvalue weighted by Gasteiger charge is -2.31. The molecular formula is C28H22FN3O2S. The van der Waals surface area contributed by atoms with Gasteiger partial charge in [-0.3, -0.25) is 9.59 Å². The Bertz CT molecular complexity index is 1330. The molecule has 0 saturated heterocycles. The summed E-state index contributed by atoms with van der Waals surface area (Å²) in [6, 6.07) is 26.1. The van der Waals surface area contributed by atoms with Crippen LogP contribution >= 0.6 is 11.8 Å². The first-order valence-electron chi connectivity index (χ1n) is 11.0. The van der Waals surface area contributed by atoms with Crippen LogP contribution < -0.4 is 5.32 Å². The number of ketones is 1. The zero-order valence-corrected chi connectivity index (χ0v) is 19.8. The summed E-state index contributed by atoms with van der Waals surface area (Å²) in [6.07, 6.45) is 0. The highest BCUT2D eigenvalue weighted by molar-refractivity contribution is 8.03. The summed E-state index contributed by atoms with van der Waals surface area (Å²) in [7, 11) is 0. The molecule has 0 radical (unpaired) electrons. The second kappa shape index (κ2) is 10.9. The van der Waals surface area contributed by atoms with Crippen LogP contribution in [0, 0.1) is 23.1 Å². The van der Waals surface area contributed by atoms with Crippen LogP contribution in [-0.2, 0) is 4.79 Å². The van der Waals surface area contributed by atoms with E-state index in [1.165, 1.54) is 24.3 Å². The molecule has 3 aromatic carbocycles. The minimum Gasteiger partial charge on any atom is -0.325 e. The van der Waals surface area contributed by atoms with Gasteiger partial charge in [-0.05, 0) is 48.9 Å². The first-order valence-corrected chi connectivity index (χ1v) is 12.0. The summed E-state index contributed by atoms with van der Waals surface area (Å²) in [5, 5.41) is 13.5. The molecule has 35 heavy (non-hydrogen) atoms. The molecule has 1 aliphatic rings. The average Bonchev–Trinajstić information content (AvgIpc) is 2.88. The van der Waals surface area contributed by atoms with Crippen molar-refractivity contribution in [2.24, 2.45) is 10.9 Å². The lowest BCUT2D eigenvalue weighted by atomic mass is 9.77. The molecule has 2 atom stereocenters. The van der Waals surface area contributed by atoms with Crippen molar-refractivity contribution >= 4 is 34.9 Å². The van der Waals surface area contributed by atoms with Crippen LogP contribution in [0.4, 0.5) is 10.1 Å². The maximum Gasteiger partial charge on any atom is 0.234 e. The number of carbonyl (C=O) groups is 2. The number of nitrogens with zero attached hydrogens (tertiary/aromatic N) is 2. The molecule has 1 N–H and O–H groups in total. The highest BCUT2D eigenvalue weighted by Crippen LogP contribution is 2.42. The predicted octanol–water partition coefficient (Wildman–Crippen LogP) is 5.99. The largest absolute Gasteiger partial charge is 0.325 e. The number of para-hydroxylation sites is 1. The summed E-state index contributed by atoms with van der Waals surface area (Å²) in [4.78, 5) is 30.6. The van der Waals surface area contributed by atoms with Crippen LogP contribution in [0.3, 0.4) is 0 Å². The molecule has 0 spiro atoms. The number of anilines is 1. The van der Waals surface area contributed by atoms with Crippen molar-refractivity contribution in [2.45, 2.75) is 12.8 Å². The zero-order chi connectivity index (χ0) is 24.8. The van der Waals surface area contributed by atoms with Crippen LogP contribution in [0.5, 0.6) is 0 Å². The first kappa shape index (κ1) is 24.1. The maximum atomic E-state index is 13.4. The highest BCUT2D eigenvalue weighted by atomic mass is 32.2. The van der Waals surface area contributed by atoms with E-state index in [1.54, 1.807) is 19.1 Å². The Morgan fingerprint density at radius 1 is 1.00 bits per heavy atom. The quantitative estimate of drug-likeness (QED) is 0.419. The van der Waals surface area contributed by atoms with Gasteiger partial charge in [0.2, 0.25) is 5.91 Å². The van der Waals surface area contributed by atoms with Crippen molar-refractivity contribution in [1.82, 2.24) is 0 Å². The van der Waals surface area contributed by atoms with Gasteiger partial charge < -0.3 is 5.32 Å². The maximum absolute atomic E-state index is 13.4. The van der Waals surface area contributed by atoms with Gasteiger partial charge in [0.05, 0.1) is 23.3 Å². The second-order valence-corrected chi connectivity index (χ2v) is 8.99. The van der Waals surface area contributed by atoms with Gasteiger partial charge in [-0.15, -0.1) is 0 Å². The van der Waals surface area contributed by atoms with Gasteiger partial charge >= 0.3 is 0 Å². The topological polar surface area (TPSA) is 82.3 Å². The monoisotopic (exact) mass is 483 g/mol. The normalized spacial score (nSPS) is 17.3. The number of rotatable bonds is 7. The third-order valence-electron chi connectivity index (χ3n) is 5.71. The number of allylic oxidation sites excluding steroid dienone is 1. The van der Waals surface area contributed by atoms with E-state index in [-0.39, 0.29) is 17.4 Å². The zero-order valence-electron chi connectivity index (χ0n) is 18.9. The number of nitriles is 1. The molecule has 0 fully saturated rings. The molecular weight excluding hydrogens is 461 g/mol. The molecule has 5 nitrogen and oxygen atoms in total. The van der Waals surface area contributed by atoms with Gasteiger partial charge in [0.25, 0.3) is 0 Å². The summed E-state index contributed by atoms with van der Waals surface area (Å²) in [5.41, 5.74) is 2.75. The minimum atomic E-state index is -0.690. The molecule has 7 heteroatoms. The molecule has 0 aromatic heterocycles. The van der Waals surface area contributed by atoms with Crippen molar-refractivity contribution in [3.8, 4) is 6.07 Å². The van der Waals surface area contributed by atoms with Crippen LogP contribution in [0.2, 0.25) is 0 Å². The standard InChI is InChI=1S/C28H22FN3O2S/c1-18-25(27(34)32-22-10-6-3-7-11-22)26(20-8-4-2-5-9-20)23(16-30)28(31-18)35-17-24(33)19-12-14-21(29)15-13-19/h2-15,25-26H,17H2,1H3,(H,32,34)/t25?,26-/m1/s1. The Hall–Kier alpha value is -4.02. The van der Waals surface area contributed by atoms with E-state index in [2.05, 4.69) is 16.4 Å². The van der Waals surface area contributed by atoms with Crippen LogP contribution in [0.25, 0.3) is 0 Å². The molecule has 0 bridgehead atoms. The third kappa shape index (κ3) is 5.56. The summed E-state index contributed by atoms with van der Waals surface area (Å²) >= 11 is 1.15. The third-order valence-corrected chi connectivity index (χ3v) is 6.70. The van der Waals surface area contributed by atoms with Crippen molar-refractivity contribution < 1.29 is 14.0 Å². The van der Waals surface area contributed by atoms with Crippen molar-refractivity contribution in [2.75, 3.05) is 11.1 Å². The fourth-order valence-corrected chi connectivity index (χ4v) is 4.98. The molecule has 0 aliphatic carbocycles. The van der Waals surface area contributed by atoms with Gasteiger partial charge in [-0.25, -0.2) is 9.38 Å². The number of thioether (sulfide) groups is 1. The van der Waals surface area contributed by atoms with Crippen LogP contribution in [0.15, 0.2) is 101 Å². The van der Waals surface area contributed by atoms with E-state index in [9.17, 15) is 19.2 Å². The Labute approximate surface area is 207 Å². The highest BCUT2D eigenvalue weighted by Gasteiger charge is 2.39. The molecule has 1 amide bonds. The summed E-state index contributed by atoms with van der Waals surface area (Å²) in [6.45, 7) is 1.77. The smallest absolute Gasteiger partial charge is 0.234 e. The number of carbonyl (C=O) groups excluding carboxylic acids is 2. The lowest BCUT2D eigenvalue weighted by Crippen LogP contribution is -2.36. The molecule has 1 aliphatic heterocycles. The molecule has 4 rings (SSSR count). The van der Waals surface area contributed by atoms with Crippen molar-refractivity contribution in [3.63, 3.8) is 0 Å².